The summed E-state index contributed by atoms with van der Waals surface area (Å²) in [7, 11) is 1.57. The molecule has 0 aliphatic carbocycles. The first-order chi connectivity index (χ1) is 7.63. The first-order valence-corrected chi connectivity index (χ1v) is 5.63. The normalized spacial score (nSPS) is 18.5. The molecule has 0 fully saturated rings. The van der Waals surface area contributed by atoms with Crippen molar-refractivity contribution in [2.24, 2.45) is 5.92 Å². The molecule has 4 nitrogen and oxygen atoms in total. The third-order valence-electron chi connectivity index (χ3n) is 2.62. The molecule has 0 saturated carbocycles. The van der Waals surface area contributed by atoms with Crippen LogP contribution < -0.4 is 9.47 Å². The molecule has 1 N–H and O–H groups in total. The number of hydrogen-bond donors (Lipinski definition) is 1. The van der Waals surface area contributed by atoms with Crippen LogP contribution in [0.15, 0.2) is 16.6 Å². The summed E-state index contributed by atoms with van der Waals surface area (Å²) in [6.45, 7) is 0.223. The molecule has 1 aliphatic heterocycles. The third kappa shape index (κ3) is 1.87. The van der Waals surface area contributed by atoms with Crippen molar-refractivity contribution in [3.63, 3.8) is 0 Å². The average Bonchev–Trinajstić information content (AvgIpc) is 2.29. The lowest BCUT2D eigenvalue weighted by molar-refractivity contribution is -0.143. The fraction of sp³-hybridized carbons (Fsp3) is 0.364. The molecule has 1 aromatic carbocycles. The van der Waals surface area contributed by atoms with E-state index in [1.54, 1.807) is 19.2 Å². The zero-order valence-electron chi connectivity index (χ0n) is 8.70. The predicted octanol–water partition coefficient (Wildman–Crippen LogP) is 2.09. The van der Waals surface area contributed by atoms with Crippen molar-refractivity contribution in [3.8, 4) is 11.5 Å². The molecule has 0 aromatic heterocycles. The largest absolute Gasteiger partial charge is 0.496 e. The second-order valence-electron chi connectivity index (χ2n) is 3.61. The minimum atomic E-state index is -0.833. The quantitative estimate of drug-likeness (QED) is 0.905. The number of hydrogen-bond acceptors (Lipinski definition) is 3. The number of carbonyl (C=O) groups is 1. The van der Waals surface area contributed by atoms with Gasteiger partial charge in [-0.1, -0.05) is 0 Å². The van der Waals surface area contributed by atoms with E-state index in [1.165, 1.54) is 0 Å². The van der Waals surface area contributed by atoms with Gasteiger partial charge < -0.3 is 14.6 Å². The number of methoxy groups -OCH3 is 1. The Kier molecular flexibility index (Phi) is 3.05. The van der Waals surface area contributed by atoms with E-state index in [-0.39, 0.29) is 6.61 Å². The Hall–Kier alpha value is -1.23. The molecule has 0 saturated heterocycles. The van der Waals surface area contributed by atoms with Gasteiger partial charge in [-0.05, 0) is 34.5 Å². The van der Waals surface area contributed by atoms with E-state index in [4.69, 9.17) is 14.6 Å². The van der Waals surface area contributed by atoms with Gasteiger partial charge >= 0.3 is 5.97 Å². The molecule has 0 radical (unpaired) electrons. The summed E-state index contributed by atoms with van der Waals surface area (Å²) < 4.78 is 11.3. The highest BCUT2D eigenvalue weighted by Gasteiger charge is 2.28. The van der Waals surface area contributed by atoms with Gasteiger partial charge in [0.25, 0.3) is 0 Å². The lowest BCUT2D eigenvalue weighted by atomic mass is 9.97. The summed E-state index contributed by atoms with van der Waals surface area (Å²) in [4.78, 5) is 10.9. The molecule has 1 atom stereocenters. The van der Waals surface area contributed by atoms with Crippen LogP contribution in [-0.4, -0.2) is 24.8 Å². The minimum absolute atomic E-state index is 0.223. The summed E-state index contributed by atoms with van der Waals surface area (Å²) in [5, 5.41) is 8.95. The van der Waals surface area contributed by atoms with Crippen molar-refractivity contribution < 1.29 is 19.4 Å². The molecule has 5 heteroatoms. The molecule has 1 heterocycles. The number of carboxylic acids is 1. The molecule has 0 amide bonds. The third-order valence-corrected chi connectivity index (χ3v) is 3.49. The first kappa shape index (κ1) is 11.3. The maximum atomic E-state index is 10.9. The smallest absolute Gasteiger partial charge is 0.310 e. The van der Waals surface area contributed by atoms with Crippen LogP contribution in [0.4, 0.5) is 0 Å². The van der Waals surface area contributed by atoms with Crippen LogP contribution in [0.5, 0.6) is 11.5 Å². The number of carboxylic acid groups (broad SMARTS) is 1. The van der Waals surface area contributed by atoms with Gasteiger partial charge in [0.2, 0.25) is 0 Å². The van der Waals surface area contributed by atoms with E-state index >= 15 is 0 Å². The Bertz CT molecular complexity index is 430. The molecule has 0 unspecified atom stereocenters. The number of halogens is 1. The molecular weight excluding hydrogens is 276 g/mol. The minimum Gasteiger partial charge on any atom is -0.496 e. The van der Waals surface area contributed by atoms with Crippen molar-refractivity contribution in [2.45, 2.75) is 6.42 Å². The van der Waals surface area contributed by atoms with Crippen LogP contribution in [0, 0.1) is 5.92 Å². The van der Waals surface area contributed by atoms with Crippen LogP contribution >= 0.6 is 15.9 Å². The van der Waals surface area contributed by atoms with Gasteiger partial charge in [0.1, 0.15) is 18.1 Å². The Labute approximate surface area is 101 Å². The first-order valence-electron chi connectivity index (χ1n) is 4.84. The van der Waals surface area contributed by atoms with Gasteiger partial charge in [0.15, 0.2) is 0 Å². The predicted molar refractivity (Wildman–Crippen MR) is 61.0 cm³/mol. The van der Waals surface area contributed by atoms with Gasteiger partial charge in [-0.25, -0.2) is 0 Å². The standard InChI is InChI=1S/C11H11BrO4/c1-15-9-3-2-8-7(10(9)12)4-6(5-16-8)11(13)14/h2-3,6H,4-5H2,1H3,(H,13,14)/t6-/m1/s1. The molecule has 1 aliphatic rings. The molecular formula is C11H11BrO4. The van der Waals surface area contributed by atoms with E-state index in [9.17, 15) is 4.79 Å². The highest BCUT2D eigenvalue weighted by atomic mass is 79.9. The number of fused-ring (bicyclic) bond motifs is 1. The summed E-state index contributed by atoms with van der Waals surface area (Å²) in [5.74, 6) is 0.0924. The van der Waals surface area contributed by atoms with E-state index in [0.717, 1.165) is 15.8 Å². The van der Waals surface area contributed by atoms with Gasteiger partial charge in [-0.15, -0.1) is 0 Å². The van der Waals surface area contributed by atoms with Crippen LogP contribution in [0.1, 0.15) is 5.56 Å². The maximum Gasteiger partial charge on any atom is 0.310 e. The lowest BCUT2D eigenvalue weighted by Crippen LogP contribution is -2.28. The Morgan fingerprint density at radius 2 is 2.38 bits per heavy atom. The number of benzene rings is 1. The molecule has 0 bridgehead atoms. The van der Waals surface area contributed by atoms with Gasteiger partial charge in [0.05, 0.1) is 17.5 Å². The topological polar surface area (TPSA) is 55.8 Å². The number of ether oxygens (including phenoxy) is 2. The van der Waals surface area contributed by atoms with E-state index in [0.29, 0.717) is 12.2 Å². The second kappa shape index (κ2) is 4.33. The summed E-state index contributed by atoms with van der Waals surface area (Å²) in [6.07, 6.45) is 0.461. The SMILES string of the molecule is COc1ccc2c(c1Br)C[C@@H](C(=O)O)CO2. The fourth-order valence-corrected chi connectivity index (χ4v) is 2.37. The molecule has 86 valence electrons. The van der Waals surface area contributed by atoms with Crippen LogP contribution in [0.3, 0.4) is 0 Å². The van der Waals surface area contributed by atoms with Crippen molar-refractivity contribution in [1.82, 2.24) is 0 Å². The van der Waals surface area contributed by atoms with Gasteiger partial charge in [-0.3, -0.25) is 4.79 Å². The fourth-order valence-electron chi connectivity index (χ4n) is 1.72. The van der Waals surface area contributed by atoms with E-state index < -0.39 is 11.9 Å². The van der Waals surface area contributed by atoms with E-state index in [1.807, 2.05) is 0 Å². The maximum absolute atomic E-state index is 10.9. The number of rotatable bonds is 2. The highest BCUT2D eigenvalue weighted by molar-refractivity contribution is 9.10. The van der Waals surface area contributed by atoms with Gasteiger partial charge in [-0.2, -0.15) is 0 Å². The monoisotopic (exact) mass is 286 g/mol. The Morgan fingerprint density at radius 3 is 3.00 bits per heavy atom. The summed E-state index contributed by atoms with van der Waals surface area (Å²) >= 11 is 3.41. The Morgan fingerprint density at radius 1 is 1.62 bits per heavy atom. The van der Waals surface area contributed by atoms with Crippen molar-refractivity contribution in [1.29, 1.82) is 0 Å². The Balaban J connectivity index is 2.38. The lowest BCUT2D eigenvalue weighted by Gasteiger charge is -2.24. The number of aliphatic carboxylic acids is 1. The van der Waals surface area contributed by atoms with Gasteiger partial charge in [0, 0.05) is 5.56 Å². The second-order valence-corrected chi connectivity index (χ2v) is 4.40. The molecule has 0 spiro atoms. The molecule has 2 rings (SSSR count). The zero-order valence-corrected chi connectivity index (χ0v) is 10.3. The zero-order chi connectivity index (χ0) is 11.7. The van der Waals surface area contributed by atoms with Crippen LogP contribution in [0.2, 0.25) is 0 Å². The van der Waals surface area contributed by atoms with Crippen LogP contribution in [-0.2, 0) is 11.2 Å². The summed E-state index contributed by atoms with van der Waals surface area (Å²) in [5.41, 5.74) is 0.859. The van der Waals surface area contributed by atoms with Crippen LogP contribution in [0.25, 0.3) is 0 Å². The molecule has 1 aromatic rings. The van der Waals surface area contributed by atoms with E-state index in [2.05, 4.69) is 15.9 Å². The van der Waals surface area contributed by atoms with Crippen molar-refractivity contribution >= 4 is 21.9 Å². The summed E-state index contributed by atoms with van der Waals surface area (Å²) in [6, 6.07) is 3.60. The molecule has 16 heavy (non-hydrogen) atoms. The van der Waals surface area contributed by atoms with Crippen molar-refractivity contribution in [3.05, 3.63) is 22.2 Å². The highest BCUT2D eigenvalue weighted by Crippen LogP contribution is 2.38. The average molecular weight is 287 g/mol. The van der Waals surface area contributed by atoms with Crippen molar-refractivity contribution in [2.75, 3.05) is 13.7 Å².